The quantitative estimate of drug-likeness (QED) is 0.319. The van der Waals surface area contributed by atoms with E-state index in [9.17, 15) is 13.2 Å². The SMILES string of the molecule is Cn1cnnc1[C@]1(c2cccc(-c3nc4cc(CNCC5CCC5)cc(C(F)(F)F)c4o3)c2)C[C@H](C)C1. The lowest BCUT2D eigenvalue weighted by atomic mass is 9.58. The normalized spacial score (nSPS) is 22.2. The Bertz CT molecular complexity index is 1430. The zero-order valence-corrected chi connectivity index (χ0v) is 21.0. The van der Waals surface area contributed by atoms with Gasteiger partial charge in [-0.15, -0.1) is 10.2 Å². The number of halogens is 3. The Morgan fingerprint density at radius 3 is 2.62 bits per heavy atom. The van der Waals surface area contributed by atoms with Crippen LogP contribution in [0.1, 0.15) is 61.5 Å². The van der Waals surface area contributed by atoms with Gasteiger partial charge in [0.15, 0.2) is 5.58 Å². The number of hydrogen-bond donors (Lipinski definition) is 1. The molecule has 0 unspecified atom stereocenters. The Kier molecular flexibility index (Phi) is 5.86. The van der Waals surface area contributed by atoms with Crippen LogP contribution in [0, 0.1) is 11.8 Å². The van der Waals surface area contributed by atoms with Crippen LogP contribution >= 0.6 is 0 Å². The molecule has 2 heterocycles. The van der Waals surface area contributed by atoms with Gasteiger partial charge in [-0.25, -0.2) is 4.98 Å². The highest BCUT2D eigenvalue weighted by molar-refractivity contribution is 5.81. The van der Waals surface area contributed by atoms with Crippen LogP contribution in [0.4, 0.5) is 13.2 Å². The molecule has 2 aromatic carbocycles. The second-order valence-corrected chi connectivity index (χ2v) is 10.9. The number of nitrogens with one attached hydrogen (secondary N) is 1. The van der Waals surface area contributed by atoms with E-state index in [4.69, 9.17) is 4.42 Å². The zero-order chi connectivity index (χ0) is 25.8. The average molecular weight is 510 g/mol. The van der Waals surface area contributed by atoms with E-state index in [0.29, 0.717) is 29.5 Å². The van der Waals surface area contributed by atoms with E-state index in [-0.39, 0.29) is 22.4 Å². The fourth-order valence-corrected chi connectivity index (χ4v) is 5.99. The van der Waals surface area contributed by atoms with Crippen LogP contribution in [0.25, 0.3) is 22.6 Å². The molecule has 9 heteroatoms. The third kappa shape index (κ3) is 4.33. The van der Waals surface area contributed by atoms with Crippen LogP contribution in [-0.4, -0.2) is 26.3 Å². The molecule has 37 heavy (non-hydrogen) atoms. The topological polar surface area (TPSA) is 68.8 Å². The van der Waals surface area contributed by atoms with Crippen molar-refractivity contribution in [3.05, 3.63) is 65.2 Å². The van der Waals surface area contributed by atoms with Crippen molar-refractivity contribution in [3.63, 3.8) is 0 Å². The molecule has 6 rings (SSSR count). The predicted molar refractivity (Wildman–Crippen MR) is 134 cm³/mol. The second-order valence-electron chi connectivity index (χ2n) is 10.9. The van der Waals surface area contributed by atoms with Crippen molar-refractivity contribution in [1.29, 1.82) is 0 Å². The predicted octanol–water partition coefficient (Wildman–Crippen LogP) is 6.25. The van der Waals surface area contributed by atoms with Gasteiger partial charge in [0.25, 0.3) is 0 Å². The van der Waals surface area contributed by atoms with Crippen molar-refractivity contribution < 1.29 is 17.6 Å². The first-order valence-corrected chi connectivity index (χ1v) is 12.9. The summed E-state index contributed by atoms with van der Waals surface area (Å²) in [6, 6.07) is 10.6. The third-order valence-corrected chi connectivity index (χ3v) is 8.04. The first kappa shape index (κ1) is 24.2. The van der Waals surface area contributed by atoms with Crippen LogP contribution in [0.2, 0.25) is 0 Å². The maximum Gasteiger partial charge on any atom is 0.420 e. The number of alkyl halides is 3. The molecule has 0 saturated heterocycles. The molecule has 0 bridgehead atoms. The van der Waals surface area contributed by atoms with Gasteiger partial charge in [0.05, 0.1) is 5.41 Å². The van der Waals surface area contributed by atoms with E-state index in [1.165, 1.54) is 25.3 Å². The summed E-state index contributed by atoms with van der Waals surface area (Å²) in [5, 5.41) is 11.8. The molecule has 1 N–H and O–H groups in total. The van der Waals surface area contributed by atoms with E-state index in [0.717, 1.165) is 30.8 Å². The van der Waals surface area contributed by atoms with Gasteiger partial charge in [0.2, 0.25) is 5.89 Å². The monoisotopic (exact) mass is 509 g/mol. The van der Waals surface area contributed by atoms with Crippen molar-refractivity contribution in [2.45, 2.75) is 57.2 Å². The van der Waals surface area contributed by atoms with Crippen molar-refractivity contribution in [1.82, 2.24) is 25.1 Å². The summed E-state index contributed by atoms with van der Waals surface area (Å²) in [6.07, 6.45) is 2.60. The first-order chi connectivity index (χ1) is 17.7. The molecule has 0 atom stereocenters. The fraction of sp³-hybridized carbons (Fsp3) is 0.464. The van der Waals surface area contributed by atoms with Gasteiger partial charge in [-0.2, -0.15) is 13.2 Å². The van der Waals surface area contributed by atoms with Gasteiger partial charge >= 0.3 is 6.18 Å². The van der Waals surface area contributed by atoms with E-state index in [1.807, 2.05) is 35.9 Å². The molecule has 0 radical (unpaired) electrons. The molecule has 2 aliphatic carbocycles. The molecule has 0 spiro atoms. The number of rotatable bonds is 7. The smallest absolute Gasteiger partial charge is 0.420 e. The number of benzene rings is 2. The van der Waals surface area contributed by atoms with E-state index in [2.05, 4.69) is 27.4 Å². The van der Waals surface area contributed by atoms with E-state index >= 15 is 0 Å². The van der Waals surface area contributed by atoms with Crippen LogP contribution in [0.5, 0.6) is 0 Å². The number of oxazole rings is 1. The summed E-state index contributed by atoms with van der Waals surface area (Å²) in [5.41, 5.74) is 1.15. The highest BCUT2D eigenvalue weighted by Gasteiger charge is 2.48. The standard InChI is InChI=1S/C28H30F3N5O/c1-17-12-27(13-17,26-35-33-16-36(26)2)21-8-4-7-20(11-21)25-34-23-10-19(15-32-14-18-5-3-6-18)9-22(24(23)37-25)28(29,30)31/h4,7-11,16-18,32H,3,5-6,12-15H2,1-2H3/t17-,27+. The minimum atomic E-state index is -4.54. The molecule has 4 aromatic rings. The van der Waals surface area contributed by atoms with Gasteiger partial charge in [-0.3, -0.25) is 0 Å². The van der Waals surface area contributed by atoms with Crippen molar-refractivity contribution in [2.24, 2.45) is 18.9 Å². The summed E-state index contributed by atoms with van der Waals surface area (Å²) < 4.78 is 49.8. The molecule has 0 amide bonds. The highest BCUT2D eigenvalue weighted by Crippen LogP contribution is 2.52. The minimum absolute atomic E-state index is 0.183. The number of hydrogen-bond acceptors (Lipinski definition) is 5. The van der Waals surface area contributed by atoms with Gasteiger partial charge in [-0.05, 0) is 79.5 Å². The molecular weight excluding hydrogens is 479 g/mol. The maximum absolute atomic E-state index is 14.0. The van der Waals surface area contributed by atoms with Crippen molar-refractivity contribution in [2.75, 3.05) is 6.54 Å². The van der Waals surface area contributed by atoms with E-state index in [1.54, 1.807) is 12.4 Å². The third-order valence-electron chi connectivity index (χ3n) is 8.04. The lowest BCUT2D eigenvalue weighted by Crippen LogP contribution is -2.43. The Morgan fingerprint density at radius 1 is 1.16 bits per heavy atom. The summed E-state index contributed by atoms with van der Waals surface area (Å²) >= 11 is 0. The largest absolute Gasteiger partial charge is 0.435 e. The lowest BCUT2D eigenvalue weighted by Gasteiger charge is -2.46. The molecule has 6 nitrogen and oxygen atoms in total. The van der Waals surface area contributed by atoms with E-state index < -0.39 is 11.7 Å². The Balaban J connectivity index is 1.36. The number of aromatic nitrogens is 4. The van der Waals surface area contributed by atoms with Crippen LogP contribution in [0.3, 0.4) is 0 Å². The summed E-state index contributed by atoms with van der Waals surface area (Å²) in [6.45, 7) is 3.39. The van der Waals surface area contributed by atoms with Crippen molar-refractivity contribution >= 4 is 11.1 Å². The van der Waals surface area contributed by atoms with Crippen molar-refractivity contribution in [3.8, 4) is 11.5 Å². The fourth-order valence-electron chi connectivity index (χ4n) is 5.99. The molecule has 194 valence electrons. The Morgan fingerprint density at radius 2 is 1.97 bits per heavy atom. The van der Waals surface area contributed by atoms with Gasteiger partial charge in [-0.1, -0.05) is 25.5 Å². The molecule has 2 saturated carbocycles. The highest BCUT2D eigenvalue weighted by atomic mass is 19.4. The average Bonchev–Trinajstić information content (AvgIpc) is 3.43. The minimum Gasteiger partial charge on any atom is -0.435 e. The lowest BCUT2D eigenvalue weighted by molar-refractivity contribution is -0.136. The Labute approximate surface area is 213 Å². The summed E-state index contributed by atoms with van der Waals surface area (Å²) in [4.78, 5) is 4.52. The second kappa shape index (κ2) is 8.97. The Hall–Kier alpha value is -3.20. The van der Waals surface area contributed by atoms with Crippen LogP contribution < -0.4 is 5.32 Å². The van der Waals surface area contributed by atoms with Gasteiger partial charge in [0.1, 0.15) is 23.2 Å². The van der Waals surface area contributed by atoms with Crippen LogP contribution in [0.15, 0.2) is 47.1 Å². The molecule has 2 aliphatic rings. The maximum atomic E-state index is 14.0. The summed E-state index contributed by atoms with van der Waals surface area (Å²) in [7, 11) is 1.93. The molecule has 2 fully saturated rings. The molecular formula is C28H30F3N5O. The zero-order valence-electron chi connectivity index (χ0n) is 21.0. The van der Waals surface area contributed by atoms with Gasteiger partial charge < -0.3 is 14.3 Å². The number of aryl methyl sites for hydroxylation is 1. The number of nitrogens with zero attached hydrogens (tertiary/aromatic N) is 4. The van der Waals surface area contributed by atoms with Crippen LogP contribution in [-0.2, 0) is 25.2 Å². The van der Waals surface area contributed by atoms with Gasteiger partial charge in [0, 0.05) is 19.2 Å². The number of fused-ring (bicyclic) bond motifs is 1. The first-order valence-electron chi connectivity index (χ1n) is 12.9. The summed E-state index contributed by atoms with van der Waals surface area (Å²) in [5.74, 6) is 2.23. The molecule has 2 aromatic heterocycles. The molecule has 0 aliphatic heterocycles.